The Labute approximate surface area is 148 Å². The zero-order valence-electron chi connectivity index (χ0n) is 15.3. The minimum atomic E-state index is -0.463. The first-order valence-electron chi connectivity index (χ1n) is 8.61. The summed E-state index contributed by atoms with van der Waals surface area (Å²) in [4.78, 5) is 22.7. The number of carbonyl (C=O) groups is 1. The molecule has 3 heterocycles. The van der Waals surface area contributed by atoms with E-state index in [-0.39, 0.29) is 6.09 Å². The van der Waals surface area contributed by atoms with Crippen molar-refractivity contribution in [3.8, 4) is 0 Å². The van der Waals surface area contributed by atoms with Crippen molar-refractivity contribution in [2.75, 3.05) is 13.1 Å². The first-order chi connectivity index (χ1) is 11.8. The van der Waals surface area contributed by atoms with E-state index in [0.717, 1.165) is 36.4 Å². The van der Waals surface area contributed by atoms with Crippen LogP contribution in [-0.4, -0.2) is 50.2 Å². The fourth-order valence-corrected chi connectivity index (χ4v) is 2.86. The molecule has 2 aliphatic heterocycles. The van der Waals surface area contributed by atoms with Gasteiger partial charge in [0.15, 0.2) is 5.82 Å². The first-order valence-corrected chi connectivity index (χ1v) is 8.61. The van der Waals surface area contributed by atoms with Crippen LogP contribution in [0.15, 0.2) is 29.2 Å². The summed E-state index contributed by atoms with van der Waals surface area (Å²) in [6.45, 7) is 6.88. The second-order valence-electron chi connectivity index (χ2n) is 7.38. The van der Waals surface area contributed by atoms with Gasteiger partial charge in [0.1, 0.15) is 11.9 Å². The maximum absolute atomic E-state index is 12.1. The topological polar surface area (TPSA) is 72.6 Å². The quantitative estimate of drug-likeness (QED) is 0.827. The number of allylic oxidation sites excluding steroid dienone is 1. The van der Waals surface area contributed by atoms with Gasteiger partial charge in [-0.3, -0.25) is 9.67 Å². The molecule has 0 saturated heterocycles. The van der Waals surface area contributed by atoms with Crippen LogP contribution in [-0.2, 0) is 11.8 Å². The third kappa shape index (κ3) is 4.35. The van der Waals surface area contributed by atoms with Gasteiger partial charge in [0.2, 0.25) is 0 Å². The molecule has 0 radical (unpaired) electrons. The van der Waals surface area contributed by atoms with Gasteiger partial charge >= 0.3 is 6.09 Å². The summed E-state index contributed by atoms with van der Waals surface area (Å²) in [5.74, 6) is 0.749. The lowest BCUT2D eigenvalue weighted by Crippen LogP contribution is -2.39. The molecule has 0 bridgehead atoms. The van der Waals surface area contributed by atoms with Gasteiger partial charge in [-0.05, 0) is 45.6 Å². The van der Waals surface area contributed by atoms with Crippen molar-refractivity contribution in [1.29, 1.82) is 0 Å². The van der Waals surface area contributed by atoms with E-state index in [4.69, 9.17) is 4.74 Å². The molecule has 0 aliphatic carbocycles. The normalized spacial score (nSPS) is 18.4. The summed E-state index contributed by atoms with van der Waals surface area (Å²) in [5.41, 5.74) is 2.93. The van der Waals surface area contributed by atoms with Crippen molar-refractivity contribution in [2.24, 2.45) is 12.0 Å². The van der Waals surface area contributed by atoms with Crippen LogP contribution in [0.2, 0.25) is 0 Å². The highest BCUT2D eigenvalue weighted by Crippen LogP contribution is 2.25. The van der Waals surface area contributed by atoms with Crippen molar-refractivity contribution < 1.29 is 9.53 Å². The van der Waals surface area contributed by atoms with Crippen LogP contribution in [0.5, 0.6) is 0 Å². The molecule has 7 nitrogen and oxygen atoms in total. The van der Waals surface area contributed by atoms with Gasteiger partial charge in [-0.1, -0.05) is 6.08 Å². The zero-order valence-corrected chi connectivity index (χ0v) is 15.3. The van der Waals surface area contributed by atoms with Gasteiger partial charge in [0.05, 0.1) is 0 Å². The molecular weight excluding hydrogens is 318 g/mol. The van der Waals surface area contributed by atoms with E-state index in [0.29, 0.717) is 13.1 Å². The second-order valence-corrected chi connectivity index (χ2v) is 7.38. The van der Waals surface area contributed by atoms with Gasteiger partial charge in [0.25, 0.3) is 0 Å². The number of rotatable bonds is 2. The smallest absolute Gasteiger partial charge is 0.410 e. The Balaban J connectivity index is 1.63. The van der Waals surface area contributed by atoms with Crippen molar-refractivity contribution in [3.63, 3.8) is 0 Å². The number of nitrogens with zero attached hydrogens (tertiary/aromatic N) is 5. The third-order valence-corrected chi connectivity index (χ3v) is 4.13. The molecule has 0 aromatic carbocycles. The molecule has 2 aliphatic rings. The van der Waals surface area contributed by atoms with Crippen LogP contribution in [0, 0.1) is 0 Å². The van der Waals surface area contributed by atoms with Crippen molar-refractivity contribution in [3.05, 3.63) is 30.0 Å². The second kappa shape index (κ2) is 6.82. The molecular formula is C18H25N5O2. The van der Waals surface area contributed by atoms with Gasteiger partial charge in [-0.15, -0.1) is 0 Å². The Morgan fingerprint density at radius 2 is 2.00 bits per heavy atom. The lowest BCUT2D eigenvalue weighted by molar-refractivity contribution is 0.0267. The molecule has 7 heteroatoms. The van der Waals surface area contributed by atoms with Crippen LogP contribution in [0.4, 0.5) is 4.79 Å². The summed E-state index contributed by atoms with van der Waals surface area (Å²) in [6, 6.07) is 0. The zero-order chi connectivity index (χ0) is 18.0. The van der Waals surface area contributed by atoms with E-state index in [1.165, 1.54) is 5.57 Å². The van der Waals surface area contributed by atoms with E-state index in [2.05, 4.69) is 21.2 Å². The Morgan fingerprint density at radius 1 is 1.20 bits per heavy atom. The molecule has 0 saturated carbocycles. The molecule has 0 fully saturated rings. The predicted octanol–water partition coefficient (Wildman–Crippen LogP) is 2.96. The molecule has 0 N–H and O–H groups in total. The van der Waals surface area contributed by atoms with Crippen LogP contribution < -0.4 is 0 Å². The first kappa shape index (κ1) is 17.4. The summed E-state index contributed by atoms with van der Waals surface area (Å²) in [6.07, 6.45) is 7.97. The number of ether oxygens (including phenoxy) is 1. The number of hydrogen-bond acceptors (Lipinski definition) is 5. The largest absolute Gasteiger partial charge is 0.444 e. The Morgan fingerprint density at radius 3 is 2.52 bits per heavy atom. The number of amides is 1. The number of hydrogen-bond donors (Lipinski definition) is 0. The number of carbonyl (C=O) groups excluding carboxylic acids is 1. The highest BCUT2D eigenvalue weighted by molar-refractivity contribution is 6.02. The number of aryl methyl sites for hydroxylation is 1. The van der Waals surface area contributed by atoms with Crippen molar-refractivity contribution in [2.45, 2.75) is 45.6 Å². The predicted molar refractivity (Wildman–Crippen MR) is 96.2 cm³/mol. The van der Waals surface area contributed by atoms with E-state index < -0.39 is 5.60 Å². The Bertz CT molecular complexity index is 752. The highest BCUT2D eigenvalue weighted by atomic mass is 16.6. The van der Waals surface area contributed by atoms with E-state index in [1.807, 2.05) is 34.0 Å². The van der Waals surface area contributed by atoms with Crippen LogP contribution >= 0.6 is 0 Å². The lowest BCUT2D eigenvalue weighted by atomic mass is 9.96. The van der Waals surface area contributed by atoms with E-state index in [1.54, 1.807) is 15.9 Å². The van der Waals surface area contributed by atoms with Crippen molar-refractivity contribution in [1.82, 2.24) is 19.7 Å². The maximum Gasteiger partial charge on any atom is 0.410 e. The minimum absolute atomic E-state index is 0.253. The third-order valence-electron chi connectivity index (χ3n) is 4.13. The molecule has 1 aromatic rings. The van der Waals surface area contributed by atoms with Crippen LogP contribution in [0.3, 0.4) is 0 Å². The molecule has 3 rings (SSSR count). The summed E-state index contributed by atoms with van der Waals surface area (Å²) >= 11 is 0. The molecule has 134 valence electrons. The van der Waals surface area contributed by atoms with Crippen LogP contribution in [0.25, 0.3) is 5.57 Å². The van der Waals surface area contributed by atoms with Gasteiger partial charge in [-0.2, -0.15) is 5.10 Å². The van der Waals surface area contributed by atoms with E-state index in [9.17, 15) is 4.79 Å². The maximum atomic E-state index is 12.1. The Hall–Kier alpha value is -2.44. The number of aromatic nitrogens is 3. The molecule has 0 spiro atoms. The summed E-state index contributed by atoms with van der Waals surface area (Å²) < 4.78 is 7.12. The summed E-state index contributed by atoms with van der Waals surface area (Å²) in [7, 11) is 1.86. The SMILES string of the molecule is Cn1cnc(C2=CN=C(C3=CCN(C(=O)OC(C)(C)C)CC3)CC2)n1. The lowest BCUT2D eigenvalue weighted by Gasteiger charge is -2.30. The molecule has 25 heavy (non-hydrogen) atoms. The highest BCUT2D eigenvalue weighted by Gasteiger charge is 2.25. The molecule has 0 atom stereocenters. The molecule has 0 unspecified atom stereocenters. The Kier molecular flexibility index (Phi) is 4.74. The summed E-state index contributed by atoms with van der Waals surface area (Å²) in [5, 5.41) is 4.33. The molecule has 1 amide bonds. The van der Waals surface area contributed by atoms with Gasteiger partial charge in [-0.25, -0.2) is 9.78 Å². The monoisotopic (exact) mass is 343 g/mol. The average Bonchev–Trinajstić information content (AvgIpc) is 3.00. The minimum Gasteiger partial charge on any atom is -0.444 e. The van der Waals surface area contributed by atoms with E-state index >= 15 is 0 Å². The van der Waals surface area contributed by atoms with Gasteiger partial charge < -0.3 is 9.64 Å². The van der Waals surface area contributed by atoms with Gasteiger partial charge in [0, 0.05) is 37.6 Å². The fraction of sp³-hybridized carbons (Fsp3) is 0.556. The average molecular weight is 343 g/mol. The number of aliphatic imine (C=N–C) groups is 1. The van der Waals surface area contributed by atoms with Crippen molar-refractivity contribution >= 4 is 17.4 Å². The van der Waals surface area contributed by atoms with Crippen LogP contribution in [0.1, 0.15) is 45.9 Å². The standard InChI is InChI=1S/C18H25N5O2/c1-18(2,3)25-17(24)23-9-7-13(8-10-23)15-6-5-14(11-19-15)16-20-12-22(4)21-16/h7,11-12H,5-6,8-10H2,1-4H3. The fourth-order valence-electron chi connectivity index (χ4n) is 2.86. The molecule has 1 aromatic heterocycles.